The van der Waals surface area contributed by atoms with Crippen LogP contribution in [0.4, 0.5) is 0 Å². The first-order valence-corrected chi connectivity index (χ1v) is 20.0. The summed E-state index contributed by atoms with van der Waals surface area (Å²) in [6.07, 6.45) is 7.14. The van der Waals surface area contributed by atoms with Gasteiger partial charge in [0.15, 0.2) is 5.41 Å². The predicted molar refractivity (Wildman–Crippen MR) is 145 cm³/mol. The molecule has 36 heavy (non-hydrogen) atoms. The normalized spacial score (nSPS) is 12.5. The van der Waals surface area contributed by atoms with E-state index in [1.165, 1.54) is 0 Å². The topological polar surface area (TPSA) is 104 Å². The summed E-state index contributed by atoms with van der Waals surface area (Å²) in [5, 5.41) is 10.3. The molecule has 11 heteroatoms. The molecule has 2 heterocycles. The van der Waals surface area contributed by atoms with Gasteiger partial charge in [-0.2, -0.15) is 5.26 Å². The number of aromatic nitrogens is 4. The Balaban J connectivity index is 2.17. The Morgan fingerprint density at radius 3 is 1.72 bits per heavy atom. The maximum Gasteiger partial charge on any atom is 0.327 e. The van der Waals surface area contributed by atoms with Gasteiger partial charge < -0.3 is 23.3 Å². The molecule has 0 amide bonds. The van der Waals surface area contributed by atoms with Crippen LogP contribution in [0.2, 0.25) is 51.4 Å². The van der Waals surface area contributed by atoms with E-state index < -0.39 is 27.5 Å². The lowest BCUT2D eigenvalue weighted by Gasteiger charge is -2.25. The monoisotopic (exact) mass is 533 g/mol. The third-order valence-corrected chi connectivity index (χ3v) is 9.27. The van der Waals surface area contributed by atoms with Gasteiger partial charge in [0.25, 0.3) is 0 Å². The third-order valence-electron chi connectivity index (χ3n) is 5.86. The van der Waals surface area contributed by atoms with Gasteiger partial charge >= 0.3 is 5.97 Å². The van der Waals surface area contributed by atoms with Crippen molar-refractivity contribution in [3.05, 3.63) is 36.4 Å². The SMILES string of the molecule is CCOC(=O)C(C#N)(Cc1nccn1COCC[Si](C)(C)C)Cc1nccn1COCC[Si](C)(C)C. The van der Waals surface area contributed by atoms with E-state index in [1.807, 2.05) is 21.5 Å². The van der Waals surface area contributed by atoms with Gasteiger partial charge in [0, 0.05) is 67.0 Å². The molecule has 0 bridgehead atoms. The van der Waals surface area contributed by atoms with E-state index in [4.69, 9.17) is 14.2 Å². The van der Waals surface area contributed by atoms with Crippen LogP contribution in [0.15, 0.2) is 24.8 Å². The van der Waals surface area contributed by atoms with Gasteiger partial charge in [-0.15, -0.1) is 0 Å². The number of carbonyl (C=O) groups excluding carboxylic acids is 1. The van der Waals surface area contributed by atoms with Crippen LogP contribution in [-0.2, 0) is 45.3 Å². The second-order valence-electron chi connectivity index (χ2n) is 11.6. The molecule has 2 aromatic rings. The van der Waals surface area contributed by atoms with E-state index in [-0.39, 0.29) is 19.4 Å². The molecule has 0 spiro atoms. The molecule has 0 N–H and O–H groups in total. The molecule has 0 fully saturated rings. The van der Waals surface area contributed by atoms with Crippen LogP contribution < -0.4 is 0 Å². The molecule has 0 unspecified atom stereocenters. The summed E-state index contributed by atoms with van der Waals surface area (Å²) in [6.45, 7) is 17.7. The Labute approximate surface area is 217 Å². The Bertz CT molecular complexity index is 939. The number of ether oxygens (including phenoxy) is 3. The molecular weight excluding hydrogens is 490 g/mol. The number of esters is 1. The van der Waals surface area contributed by atoms with Crippen molar-refractivity contribution in [1.82, 2.24) is 19.1 Å². The molecule has 0 aromatic carbocycles. The van der Waals surface area contributed by atoms with Crippen LogP contribution >= 0.6 is 0 Å². The van der Waals surface area contributed by atoms with E-state index >= 15 is 0 Å². The smallest absolute Gasteiger partial charge is 0.327 e. The second kappa shape index (κ2) is 13.3. The number of imidazole rings is 2. The molecule has 0 aliphatic heterocycles. The zero-order valence-electron chi connectivity index (χ0n) is 23.0. The first kappa shape index (κ1) is 30.0. The number of rotatable bonds is 16. The van der Waals surface area contributed by atoms with E-state index in [9.17, 15) is 10.1 Å². The van der Waals surface area contributed by atoms with Crippen LogP contribution in [0.25, 0.3) is 0 Å². The summed E-state index contributed by atoms with van der Waals surface area (Å²) in [6, 6.07) is 4.37. The molecule has 0 aliphatic carbocycles. The molecular formula is C25H43N5O4Si2. The lowest BCUT2D eigenvalue weighted by Crippen LogP contribution is -2.38. The highest BCUT2D eigenvalue weighted by atomic mass is 28.3. The molecule has 2 aromatic heterocycles. The van der Waals surface area contributed by atoms with Gasteiger partial charge in [0.2, 0.25) is 0 Å². The quantitative estimate of drug-likeness (QED) is 0.177. The van der Waals surface area contributed by atoms with E-state index in [2.05, 4.69) is 55.3 Å². The first-order chi connectivity index (χ1) is 16.9. The molecule has 0 radical (unpaired) electrons. The Kier molecular flexibility index (Phi) is 11.1. The van der Waals surface area contributed by atoms with Crippen molar-refractivity contribution >= 4 is 22.1 Å². The van der Waals surface area contributed by atoms with Crippen LogP contribution in [-0.4, -0.2) is 61.0 Å². The average molecular weight is 534 g/mol. The van der Waals surface area contributed by atoms with Crippen molar-refractivity contribution in [3.8, 4) is 6.07 Å². The van der Waals surface area contributed by atoms with Crippen molar-refractivity contribution in [2.45, 2.75) is 84.6 Å². The third kappa shape index (κ3) is 9.65. The van der Waals surface area contributed by atoms with Gasteiger partial charge in [0.05, 0.1) is 12.7 Å². The molecule has 9 nitrogen and oxygen atoms in total. The minimum Gasteiger partial charge on any atom is -0.465 e. The largest absolute Gasteiger partial charge is 0.465 e. The predicted octanol–water partition coefficient (Wildman–Crippen LogP) is 4.56. The van der Waals surface area contributed by atoms with Gasteiger partial charge in [-0.1, -0.05) is 39.3 Å². The highest BCUT2D eigenvalue weighted by molar-refractivity contribution is 6.76. The standard InChI is InChI=1S/C25H43N5O4Si2/c1-8-34-24(31)25(19-26,17-22-27-9-11-29(22)20-32-13-15-35(2,3)4)18-23-28-10-12-30(23)21-33-14-16-36(5,6)7/h9-12H,8,13-18,20-21H2,1-7H3. The average Bonchev–Trinajstić information content (AvgIpc) is 3.41. The van der Waals surface area contributed by atoms with E-state index in [0.717, 1.165) is 12.1 Å². The maximum absolute atomic E-state index is 13.1. The summed E-state index contributed by atoms with van der Waals surface area (Å²) in [4.78, 5) is 22.0. The van der Waals surface area contributed by atoms with Crippen molar-refractivity contribution in [3.63, 3.8) is 0 Å². The van der Waals surface area contributed by atoms with Crippen LogP contribution in [0.3, 0.4) is 0 Å². The summed E-state index contributed by atoms with van der Waals surface area (Å²) < 4.78 is 20.8. The molecule has 200 valence electrons. The second-order valence-corrected chi connectivity index (χ2v) is 22.8. The zero-order chi connectivity index (χ0) is 26.8. The van der Waals surface area contributed by atoms with Crippen LogP contribution in [0, 0.1) is 16.7 Å². The van der Waals surface area contributed by atoms with Gasteiger partial charge in [0.1, 0.15) is 25.1 Å². The number of hydrogen-bond donors (Lipinski definition) is 0. The fourth-order valence-electron chi connectivity index (χ4n) is 3.47. The number of hydrogen-bond acceptors (Lipinski definition) is 7. The van der Waals surface area contributed by atoms with E-state index in [0.29, 0.717) is 38.3 Å². The number of nitrogens with zero attached hydrogens (tertiary/aromatic N) is 5. The number of carbonyl (C=O) groups is 1. The Morgan fingerprint density at radius 1 is 0.917 bits per heavy atom. The van der Waals surface area contributed by atoms with Crippen molar-refractivity contribution in [2.75, 3.05) is 19.8 Å². The van der Waals surface area contributed by atoms with Crippen LogP contribution in [0.1, 0.15) is 18.6 Å². The fraction of sp³-hybridized carbons (Fsp3) is 0.680. The molecule has 0 saturated carbocycles. The molecule has 0 saturated heterocycles. The molecule has 0 atom stereocenters. The highest BCUT2D eigenvalue weighted by Crippen LogP contribution is 2.29. The maximum atomic E-state index is 13.1. The van der Waals surface area contributed by atoms with Gasteiger partial charge in [-0.25, -0.2) is 9.97 Å². The summed E-state index contributed by atoms with van der Waals surface area (Å²) in [5.74, 6) is 0.625. The zero-order valence-corrected chi connectivity index (χ0v) is 25.0. The van der Waals surface area contributed by atoms with Gasteiger partial charge in [-0.05, 0) is 19.0 Å². The van der Waals surface area contributed by atoms with E-state index in [1.54, 1.807) is 19.3 Å². The Morgan fingerprint density at radius 2 is 1.36 bits per heavy atom. The highest BCUT2D eigenvalue weighted by Gasteiger charge is 2.43. The lowest BCUT2D eigenvalue weighted by molar-refractivity contribution is -0.152. The summed E-state index contributed by atoms with van der Waals surface area (Å²) in [5.41, 5.74) is -1.47. The van der Waals surface area contributed by atoms with Gasteiger partial charge in [-0.3, -0.25) is 4.79 Å². The summed E-state index contributed by atoms with van der Waals surface area (Å²) in [7, 11) is -2.39. The first-order valence-electron chi connectivity index (χ1n) is 12.6. The molecule has 0 aliphatic rings. The lowest BCUT2D eigenvalue weighted by atomic mass is 9.81. The number of nitriles is 1. The minimum atomic E-state index is -1.47. The Hall–Kier alpha value is -2.27. The summed E-state index contributed by atoms with van der Waals surface area (Å²) >= 11 is 0. The minimum absolute atomic E-state index is 0.0933. The fourth-order valence-corrected chi connectivity index (χ4v) is 4.99. The van der Waals surface area contributed by atoms with Crippen LogP contribution in [0.5, 0.6) is 0 Å². The van der Waals surface area contributed by atoms with Crippen molar-refractivity contribution in [1.29, 1.82) is 5.26 Å². The molecule has 2 rings (SSSR count). The van der Waals surface area contributed by atoms with Crippen molar-refractivity contribution < 1.29 is 19.0 Å². The van der Waals surface area contributed by atoms with Crippen molar-refractivity contribution in [2.24, 2.45) is 5.41 Å².